The van der Waals surface area contributed by atoms with Crippen LogP contribution >= 0.6 is 22.6 Å². The van der Waals surface area contributed by atoms with Crippen molar-refractivity contribution in [3.8, 4) is 5.75 Å². The second-order valence-corrected chi connectivity index (χ2v) is 5.94. The average molecular weight is 453 g/mol. The van der Waals surface area contributed by atoms with Gasteiger partial charge < -0.3 is 10.1 Å². The van der Waals surface area contributed by atoms with E-state index in [0.717, 1.165) is 0 Å². The van der Waals surface area contributed by atoms with Crippen LogP contribution in [0.3, 0.4) is 0 Å². The van der Waals surface area contributed by atoms with Crippen LogP contribution in [0.15, 0.2) is 48.5 Å². The molecule has 1 amide bonds. The molecule has 0 aromatic heterocycles. The van der Waals surface area contributed by atoms with Crippen LogP contribution in [0.4, 0.5) is 23.2 Å². The first kappa shape index (κ1) is 18.5. The summed E-state index contributed by atoms with van der Waals surface area (Å²) >= 11 is 1.99. The van der Waals surface area contributed by atoms with Crippen molar-refractivity contribution in [2.75, 3.05) is 11.9 Å². The van der Waals surface area contributed by atoms with Crippen molar-refractivity contribution in [1.82, 2.24) is 0 Å². The summed E-state index contributed by atoms with van der Waals surface area (Å²) in [6.45, 7) is -1.49. The topological polar surface area (TPSA) is 38.3 Å². The Labute approximate surface area is 149 Å². The molecular weight excluding hydrogens is 441 g/mol. The van der Waals surface area contributed by atoms with Crippen molar-refractivity contribution in [3.05, 3.63) is 57.7 Å². The van der Waals surface area contributed by atoms with Gasteiger partial charge in [0.2, 0.25) is 0 Å². The maximum atomic E-state index is 13.0. The molecule has 24 heavy (non-hydrogen) atoms. The minimum absolute atomic E-state index is 0.114. The third-order valence-electron chi connectivity index (χ3n) is 2.99. The van der Waals surface area contributed by atoms with E-state index in [9.17, 15) is 22.4 Å². The largest absolute Gasteiger partial charge is 0.485 e. The van der Waals surface area contributed by atoms with Crippen LogP contribution in [0.25, 0.3) is 0 Å². The fourth-order valence-electron chi connectivity index (χ4n) is 1.77. The van der Waals surface area contributed by atoms with Gasteiger partial charge in [-0.3, -0.25) is 4.79 Å². The van der Waals surface area contributed by atoms with Crippen molar-refractivity contribution >= 4 is 34.2 Å². The standard InChI is InChI=1S/C16H12F4INO2/c17-15(18)16(19,20)9-24-13-8-4-3-7-12(13)22-14(23)10-5-1-2-6-11(10)21/h1-8,15H,9H2,(H,22,23). The summed E-state index contributed by atoms with van der Waals surface area (Å²) in [7, 11) is 0. The number of alkyl halides is 4. The summed E-state index contributed by atoms with van der Waals surface area (Å²) in [5, 5.41) is 2.53. The predicted octanol–water partition coefficient (Wildman–Crippen LogP) is 4.82. The normalized spacial score (nSPS) is 11.4. The smallest absolute Gasteiger partial charge is 0.340 e. The van der Waals surface area contributed by atoms with Gasteiger partial charge in [-0.2, -0.15) is 8.78 Å². The first-order valence-corrected chi connectivity index (χ1v) is 7.83. The van der Waals surface area contributed by atoms with Crippen LogP contribution in [0.1, 0.15) is 10.4 Å². The van der Waals surface area contributed by atoms with Crippen molar-refractivity contribution in [3.63, 3.8) is 0 Å². The lowest BCUT2D eigenvalue weighted by atomic mass is 10.2. The van der Waals surface area contributed by atoms with E-state index < -0.39 is 24.9 Å². The molecular formula is C16H12F4INO2. The first-order chi connectivity index (χ1) is 11.3. The van der Waals surface area contributed by atoms with Crippen LogP contribution in [0, 0.1) is 3.57 Å². The molecule has 3 nitrogen and oxygen atoms in total. The summed E-state index contributed by atoms with van der Waals surface area (Å²) in [6.07, 6.45) is -3.83. The van der Waals surface area contributed by atoms with Crippen LogP contribution in [-0.4, -0.2) is 24.9 Å². The minimum atomic E-state index is -4.27. The lowest BCUT2D eigenvalue weighted by Crippen LogP contribution is -2.33. The van der Waals surface area contributed by atoms with E-state index >= 15 is 0 Å². The van der Waals surface area contributed by atoms with Gasteiger partial charge in [0, 0.05) is 3.57 Å². The number of rotatable bonds is 6. The molecule has 0 saturated heterocycles. The molecule has 0 aliphatic heterocycles. The van der Waals surface area contributed by atoms with Crippen LogP contribution in [0.2, 0.25) is 0 Å². The molecule has 0 atom stereocenters. The first-order valence-electron chi connectivity index (χ1n) is 6.75. The summed E-state index contributed by atoms with van der Waals surface area (Å²) < 4.78 is 55.8. The van der Waals surface area contributed by atoms with Crippen molar-refractivity contribution in [2.24, 2.45) is 0 Å². The van der Waals surface area contributed by atoms with E-state index in [1.54, 1.807) is 30.3 Å². The second kappa shape index (κ2) is 7.82. The molecule has 0 aliphatic rings. The lowest BCUT2D eigenvalue weighted by Gasteiger charge is -2.18. The summed E-state index contributed by atoms with van der Waals surface area (Å²) in [4.78, 5) is 12.3. The van der Waals surface area contributed by atoms with Crippen molar-refractivity contribution < 1.29 is 27.1 Å². The van der Waals surface area contributed by atoms with Crippen LogP contribution < -0.4 is 10.1 Å². The number of anilines is 1. The molecule has 0 unspecified atom stereocenters. The fourth-order valence-corrected chi connectivity index (χ4v) is 2.40. The summed E-state index contributed by atoms with van der Waals surface area (Å²) in [5.41, 5.74) is 0.512. The molecule has 1 N–H and O–H groups in total. The van der Waals surface area contributed by atoms with E-state index in [2.05, 4.69) is 5.32 Å². The number of benzene rings is 2. The highest BCUT2D eigenvalue weighted by Crippen LogP contribution is 2.29. The zero-order valence-corrected chi connectivity index (χ0v) is 14.3. The molecule has 2 aromatic carbocycles. The summed E-state index contributed by atoms with van der Waals surface area (Å²) in [6, 6.07) is 12.6. The Balaban J connectivity index is 2.15. The number of amides is 1. The van der Waals surface area contributed by atoms with E-state index in [1.165, 1.54) is 18.2 Å². The van der Waals surface area contributed by atoms with Crippen molar-refractivity contribution in [1.29, 1.82) is 0 Å². The van der Waals surface area contributed by atoms with E-state index in [-0.39, 0.29) is 11.4 Å². The Hall–Kier alpha value is -1.84. The van der Waals surface area contributed by atoms with Gasteiger partial charge >= 0.3 is 12.3 Å². The molecule has 2 aromatic rings. The Morgan fingerprint density at radius 3 is 2.42 bits per heavy atom. The number of hydrogen-bond donors (Lipinski definition) is 1. The zero-order valence-electron chi connectivity index (χ0n) is 12.1. The van der Waals surface area contributed by atoms with Gasteiger partial charge in [0.05, 0.1) is 11.3 Å². The van der Waals surface area contributed by atoms with Gasteiger partial charge in [-0.25, -0.2) is 8.78 Å². The Bertz CT molecular complexity index is 725. The molecule has 0 spiro atoms. The highest BCUT2D eigenvalue weighted by molar-refractivity contribution is 14.1. The molecule has 0 heterocycles. The Morgan fingerprint density at radius 1 is 1.12 bits per heavy atom. The monoisotopic (exact) mass is 453 g/mol. The third kappa shape index (κ3) is 4.59. The van der Waals surface area contributed by atoms with Gasteiger partial charge in [-0.15, -0.1) is 0 Å². The molecule has 128 valence electrons. The maximum absolute atomic E-state index is 13.0. The van der Waals surface area contributed by atoms with Crippen LogP contribution in [0.5, 0.6) is 5.75 Å². The predicted molar refractivity (Wildman–Crippen MR) is 90.0 cm³/mol. The maximum Gasteiger partial charge on any atom is 0.340 e. The van der Waals surface area contributed by atoms with Crippen LogP contribution in [-0.2, 0) is 0 Å². The van der Waals surface area contributed by atoms with Gasteiger partial charge in [0.15, 0.2) is 6.61 Å². The fraction of sp³-hybridized carbons (Fsp3) is 0.188. The van der Waals surface area contributed by atoms with E-state index in [0.29, 0.717) is 9.13 Å². The molecule has 0 radical (unpaired) electrons. The highest BCUT2D eigenvalue weighted by Gasteiger charge is 2.41. The molecule has 0 saturated carbocycles. The lowest BCUT2D eigenvalue weighted by molar-refractivity contribution is -0.148. The number of carbonyl (C=O) groups excluding carboxylic acids is 1. The second-order valence-electron chi connectivity index (χ2n) is 4.78. The number of para-hydroxylation sites is 2. The number of carbonyl (C=O) groups is 1. The molecule has 0 aliphatic carbocycles. The number of nitrogens with one attached hydrogen (secondary N) is 1. The van der Waals surface area contributed by atoms with E-state index in [1.807, 2.05) is 22.6 Å². The van der Waals surface area contributed by atoms with Gasteiger partial charge in [0.1, 0.15) is 5.75 Å². The molecule has 2 rings (SSSR count). The average Bonchev–Trinajstić information content (AvgIpc) is 2.54. The highest BCUT2D eigenvalue weighted by atomic mass is 127. The quantitative estimate of drug-likeness (QED) is 0.503. The number of halogens is 5. The zero-order chi connectivity index (χ0) is 17.7. The number of hydrogen-bond acceptors (Lipinski definition) is 2. The Morgan fingerprint density at radius 2 is 1.75 bits per heavy atom. The molecule has 0 bridgehead atoms. The van der Waals surface area contributed by atoms with Gasteiger partial charge in [-0.1, -0.05) is 24.3 Å². The SMILES string of the molecule is O=C(Nc1ccccc1OCC(F)(F)C(F)F)c1ccccc1I. The third-order valence-corrected chi connectivity index (χ3v) is 3.93. The minimum Gasteiger partial charge on any atom is -0.485 e. The van der Waals surface area contributed by atoms with Crippen molar-refractivity contribution in [2.45, 2.75) is 12.3 Å². The van der Waals surface area contributed by atoms with E-state index in [4.69, 9.17) is 4.74 Å². The molecule has 0 fully saturated rings. The van der Waals surface area contributed by atoms with Gasteiger partial charge in [0.25, 0.3) is 5.91 Å². The molecule has 8 heteroatoms. The summed E-state index contributed by atoms with van der Waals surface area (Å²) in [5.74, 6) is -4.85. The number of ether oxygens (including phenoxy) is 1. The Kier molecular flexibility index (Phi) is 6.03. The van der Waals surface area contributed by atoms with Gasteiger partial charge in [-0.05, 0) is 46.9 Å².